The predicted octanol–water partition coefficient (Wildman–Crippen LogP) is 2.82. The van der Waals surface area contributed by atoms with E-state index in [1.165, 1.54) is 0 Å². The molecule has 1 fully saturated rings. The summed E-state index contributed by atoms with van der Waals surface area (Å²) < 4.78 is 5.37. The number of piperidine rings is 1. The highest BCUT2D eigenvalue weighted by atomic mass is 35.5. The lowest BCUT2D eigenvalue weighted by atomic mass is 9.79. The first kappa shape index (κ1) is 19.2. The van der Waals surface area contributed by atoms with Gasteiger partial charge in [0.05, 0.1) is 6.61 Å². The van der Waals surface area contributed by atoms with Gasteiger partial charge >= 0.3 is 0 Å². The zero-order chi connectivity index (χ0) is 15.3. The summed E-state index contributed by atoms with van der Waals surface area (Å²) in [6.07, 6.45) is 2.02. The number of rotatable bonds is 5. The average molecular weight is 347 g/mol. The Kier molecular flexibility index (Phi) is 7.63. The van der Waals surface area contributed by atoms with Crippen molar-refractivity contribution in [1.82, 2.24) is 10.6 Å². The summed E-state index contributed by atoms with van der Waals surface area (Å²) in [4.78, 5) is 12.4. The average Bonchev–Trinajstić information content (AvgIpc) is 2.49. The van der Waals surface area contributed by atoms with Crippen LogP contribution in [0.5, 0.6) is 0 Å². The Morgan fingerprint density at radius 2 is 2.09 bits per heavy atom. The van der Waals surface area contributed by atoms with Crippen molar-refractivity contribution in [2.24, 2.45) is 5.41 Å². The molecule has 124 valence electrons. The van der Waals surface area contributed by atoms with Crippen LogP contribution in [0.2, 0.25) is 5.02 Å². The van der Waals surface area contributed by atoms with Gasteiger partial charge in [0.15, 0.2) is 0 Å². The first-order chi connectivity index (χ1) is 10.1. The van der Waals surface area contributed by atoms with Crippen LogP contribution in [0.3, 0.4) is 0 Å². The molecule has 0 atom stereocenters. The fourth-order valence-corrected chi connectivity index (χ4v) is 3.03. The van der Waals surface area contributed by atoms with Crippen LogP contribution in [0.15, 0.2) is 18.2 Å². The Labute approximate surface area is 143 Å². The summed E-state index contributed by atoms with van der Waals surface area (Å²) in [6.45, 7) is 5.11. The highest BCUT2D eigenvalue weighted by Crippen LogP contribution is 2.28. The molecule has 4 nitrogen and oxygen atoms in total. The molecule has 0 radical (unpaired) electrons. The van der Waals surface area contributed by atoms with Gasteiger partial charge in [-0.2, -0.15) is 0 Å². The third-order valence-corrected chi connectivity index (χ3v) is 4.66. The number of hydrogen-bond acceptors (Lipinski definition) is 3. The van der Waals surface area contributed by atoms with Crippen molar-refractivity contribution < 1.29 is 9.53 Å². The Balaban J connectivity index is 0.00000242. The minimum Gasteiger partial charge on any atom is -0.384 e. The first-order valence-corrected chi connectivity index (χ1v) is 7.69. The van der Waals surface area contributed by atoms with Crippen molar-refractivity contribution >= 4 is 29.9 Å². The number of methoxy groups -OCH3 is 1. The second-order valence-electron chi connectivity index (χ2n) is 5.78. The molecule has 6 heteroatoms. The molecule has 1 aliphatic heterocycles. The van der Waals surface area contributed by atoms with Gasteiger partial charge in [-0.3, -0.25) is 4.79 Å². The van der Waals surface area contributed by atoms with E-state index in [9.17, 15) is 4.79 Å². The quantitative estimate of drug-likeness (QED) is 0.861. The van der Waals surface area contributed by atoms with E-state index >= 15 is 0 Å². The molecule has 1 heterocycles. The van der Waals surface area contributed by atoms with Crippen molar-refractivity contribution in [3.8, 4) is 0 Å². The van der Waals surface area contributed by atoms with E-state index in [0.29, 0.717) is 23.7 Å². The molecule has 0 aliphatic carbocycles. The van der Waals surface area contributed by atoms with Gasteiger partial charge < -0.3 is 15.4 Å². The lowest BCUT2D eigenvalue weighted by Gasteiger charge is -2.37. The summed E-state index contributed by atoms with van der Waals surface area (Å²) in [5.41, 5.74) is 1.49. The summed E-state index contributed by atoms with van der Waals surface area (Å²) in [6, 6.07) is 5.41. The predicted molar refractivity (Wildman–Crippen MR) is 92.2 cm³/mol. The molecule has 22 heavy (non-hydrogen) atoms. The Bertz CT molecular complexity index is 497. The van der Waals surface area contributed by atoms with Gasteiger partial charge in [-0.15, -0.1) is 12.4 Å². The standard InChI is InChI=1S/C16H23ClN2O2.ClH/c1-12-13(4-3-5-14(12)17)15(20)19-10-16(11-21-2)6-8-18-9-7-16;/h3-5,18H,6-11H2,1-2H3,(H,19,20);1H. The Hall–Kier alpha value is -0.810. The largest absolute Gasteiger partial charge is 0.384 e. The van der Waals surface area contributed by atoms with Crippen molar-refractivity contribution in [2.45, 2.75) is 19.8 Å². The number of benzene rings is 1. The van der Waals surface area contributed by atoms with Crippen LogP contribution >= 0.6 is 24.0 Å². The maximum atomic E-state index is 12.4. The fraction of sp³-hybridized carbons (Fsp3) is 0.562. The molecular formula is C16H24Cl2N2O2. The topological polar surface area (TPSA) is 50.4 Å². The van der Waals surface area contributed by atoms with E-state index < -0.39 is 0 Å². The van der Waals surface area contributed by atoms with Gasteiger partial charge in [-0.1, -0.05) is 17.7 Å². The van der Waals surface area contributed by atoms with Crippen LogP contribution in [0, 0.1) is 12.3 Å². The first-order valence-electron chi connectivity index (χ1n) is 7.31. The molecule has 0 aromatic heterocycles. The van der Waals surface area contributed by atoms with Crippen LogP contribution in [0.25, 0.3) is 0 Å². The van der Waals surface area contributed by atoms with Crippen molar-refractivity contribution in [1.29, 1.82) is 0 Å². The maximum Gasteiger partial charge on any atom is 0.251 e. The summed E-state index contributed by atoms with van der Waals surface area (Å²) in [5, 5.41) is 7.03. The molecule has 0 unspecified atom stereocenters. The highest BCUT2D eigenvalue weighted by Gasteiger charge is 2.32. The van der Waals surface area contributed by atoms with Gasteiger partial charge in [0, 0.05) is 29.7 Å². The molecule has 1 aromatic rings. The minimum atomic E-state index is -0.0657. The minimum absolute atomic E-state index is 0. The number of ether oxygens (including phenoxy) is 1. The molecule has 0 bridgehead atoms. The lowest BCUT2D eigenvalue weighted by molar-refractivity contribution is 0.0511. The van der Waals surface area contributed by atoms with Gasteiger partial charge in [0.2, 0.25) is 0 Å². The van der Waals surface area contributed by atoms with Gasteiger partial charge in [0.25, 0.3) is 5.91 Å². The number of carbonyl (C=O) groups is 1. The number of halogens is 2. The molecule has 1 saturated heterocycles. The third-order valence-electron chi connectivity index (χ3n) is 4.25. The molecule has 2 N–H and O–H groups in total. The second kappa shape index (κ2) is 8.73. The second-order valence-corrected chi connectivity index (χ2v) is 6.19. The van der Waals surface area contributed by atoms with E-state index in [0.717, 1.165) is 31.5 Å². The molecule has 2 rings (SSSR count). The van der Waals surface area contributed by atoms with E-state index in [1.807, 2.05) is 13.0 Å². The van der Waals surface area contributed by atoms with E-state index in [4.69, 9.17) is 16.3 Å². The monoisotopic (exact) mass is 346 g/mol. The fourth-order valence-electron chi connectivity index (χ4n) is 2.85. The number of carbonyl (C=O) groups excluding carboxylic acids is 1. The summed E-state index contributed by atoms with van der Waals surface area (Å²) in [5.74, 6) is -0.0657. The third kappa shape index (κ3) is 4.59. The molecule has 1 aliphatic rings. The Morgan fingerprint density at radius 3 is 2.73 bits per heavy atom. The molecule has 1 amide bonds. The van der Waals surface area contributed by atoms with Crippen LogP contribution in [-0.2, 0) is 4.74 Å². The van der Waals surface area contributed by atoms with E-state index in [2.05, 4.69) is 10.6 Å². The normalized spacial score (nSPS) is 16.7. The van der Waals surface area contributed by atoms with Crippen LogP contribution in [0.1, 0.15) is 28.8 Å². The lowest BCUT2D eigenvalue weighted by Crippen LogP contribution is -2.47. The molecular weight excluding hydrogens is 323 g/mol. The molecule has 0 saturated carbocycles. The van der Waals surface area contributed by atoms with E-state index in [1.54, 1.807) is 19.2 Å². The Morgan fingerprint density at radius 1 is 1.41 bits per heavy atom. The number of nitrogens with one attached hydrogen (secondary N) is 2. The smallest absolute Gasteiger partial charge is 0.251 e. The van der Waals surface area contributed by atoms with Crippen LogP contribution in [-0.4, -0.2) is 39.3 Å². The number of hydrogen-bond donors (Lipinski definition) is 2. The SMILES string of the molecule is COCC1(CNC(=O)c2cccc(Cl)c2C)CCNCC1.Cl. The summed E-state index contributed by atoms with van der Waals surface area (Å²) >= 11 is 6.08. The van der Waals surface area contributed by atoms with Gasteiger partial charge in [0.1, 0.15) is 0 Å². The zero-order valence-corrected chi connectivity index (χ0v) is 14.6. The molecule has 0 spiro atoms. The summed E-state index contributed by atoms with van der Waals surface area (Å²) in [7, 11) is 1.72. The number of amides is 1. The zero-order valence-electron chi connectivity index (χ0n) is 13.1. The van der Waals surface area contributed by atoms with Gasteiger partial charge in [-0.05, 0) is 50.6 Å². The van der Waals surface area contributed by atoms with Crippen LogP contribution < -0.4 is 10.6 Å². The molecule has 1 aromatic carbocycles. The van der Waals surface area contributed by atoms with Gasteiger partial charge in [-0.25, -0.2) is 0 Å². The van der Waals surface area contributed by atoms with E-state index in [-0.39, 0.29) is 23.7 Å². The van der Waals surface area contributed by atoms with Crippen molar-refractivity contribution in [3.63, 3.8) is 0 Å². The van der Waals surface area contributed by atoms with Crippen LogP contribution in [0.4, 0.5) is 0 Å². The maximum absolute atomic E-state index is 12.4. The highest BCUT2D eigenvalue weighted by molar-refractivity contribution is 6.31. The van der Waals surface area contributed by atoms with Crippen molar-refractivity contribution in [2.75, 3.05) is 33.4 Å². The van der Waals surface area contributed by atoms with Crippen molar-refractivity contribution in [3.05, 3.63) is 34.3 Å².